The largest absolute Gasteiger partial charge is 0.483 e. The van der Waals surface area contributed by atoms with Gasteiger partial charge in [0.05, 0.1) is 6.10 Å². The molecule has 4 N–H and O–H groups in total. The first-order chi connectivity index (χ1) is 13.9. The average molecular weight is 403 g/mol. The van der Waals surface area contributed by atoms with Crippen LogP contribution < -0.4 is 15.4 Å². The van der Waals surface area contributed by atoms with Gasteiger partial charge in [-0.1, -0.05) is 18.2 Å². The van der Waals surface area contributed by atoms with Crippen molar-refractivity contribution in [2.24, 2.45) is 0 Å². The average Bonchev–Trinajstić information content (AvgIpc) is 3.13. The summed E-state index contributed by atoms with van der Waals surface area (Å²) in [7, 11) is 1.47. The van der Waals surface area contributed by atoms with Crippen molar-refractivity contribution in [2.45, 2.75) is 50.9 Å². The highest BCUT2D eigenvalue weighted by molar-refractivity contribution is 5.99. The molecule has 1 saturated carbocycles. The van der Waals surface area contributed by atoms with E-state index >= 15 is 0 Å². The molecule has 1 aliphatic carbocycles. The van der Waals surface area contributed by atoms with Crippen molar-refractivity contribution in [1.29, 1.82) is 0 Å². The number of amides is 2. The maximum Gasteiger partial charge on any atom is 0.271 e. The predicted octanol–water partition coefficient (Wildman–Crippen LogP) is 2.69. The molecule has 0 spiro atoms. The first-order valence-corrected chi connectivity index (χ1v) is 9.74. The van der Waals surface area contributed by atoms with Crippen molar-refractivity contribution in [3.63, 3.8) is 0 Å². The van der Waals surface area contributed by atoms with Crippen LogP contribution in [0.15, 0.2) is 30.3 Å². The number of benzene rings is 1. The van der Waals surface area contributed by atoms with Gasteiger partial charge in [-0.25, -0.2) is 4.39 Å². The third-order valence-corrected chi connectivity index (χ3v) is 5.16. The number of rotatable bonds is 6. The summed E-state index contributed by atoms with van der Waals surface area (Å²) in [5.41, 5.74) is 0.633. The lowest BCUT2D eigenvalue weighted by molar-refractivity contribution is 0.0863. The molecule has 1 aliphatic rings. The Kier molecular flexibility index (Phi) is 6.53. The first kappa shape index (κ1) is 20.9. The zero-order chi connectivity index (χ0) is 21.0. The summed E-state index contributed by atoms with van der Waals surface area (Å²) in [6.45, 7) is 1.67. The molecule has 0 bridgehead atoms. The molecule has 0 radical (unpaired) electrons. The van der Waals surface area contributed by atoms with Crippen LogP contribution in [0.4, 0.5) is 4.39 Å². The Morgan fingerprint density at radius 2 is 1.90 bits per heavy atom. The van der Waals surface area contributed by atoms with Gasteiger partial charge in [-0.2, -0.15) is 0 Å². The van der Waals surface area contributed by atoms with Gasteiger partial charge in [-0.3, -0.25) is 9.59 Å². The number of aliphatic hydroxyl groups excluding tert-OH is 1. The fourth-order valence-corrected chi connectivity index (χ4v) is 3.49. The number of ether oxygens (including phenoxy) is 1. The van der Waals surface area contributed by atoms with Crippen molar-refractivity contribution in [1.82, 2.24) is 15.6 Å². The fraction of sp³-hybridized carbons (Fsp3) is 0.429. The highest BCUT2D eigenvalue weighted by atomic mass is 19.1. The van der Waals surface area contributed by atoms with E-state index in [1.165, 1.54) is 19.2 Å². The number of carbonyl (C=O) groups is 2. The lowest BCUT2D eigenvalue weighted by atomic mass is 9.93. The Morgan fingerprint density at radius 3 is 2.55 bits per heavy atom. The van der Waals surface area contributed by atoms with Gasteiger partial charge in [0.15, 0.2) is 5.75 Å². The Labute approximate surface area is 168 Å². The Bertz CT molecular complexity index is 875. The molecule has 29 heavy (non-hydrogen) atoms. The predicted molar refractivity (Wildman–Crippen MR) is 105 cm³/mol. The van der Waals surface area contributed by atoms with E-state index in [1.54, 1.807) is 25.1 Å². The molecule has 1 heterocycles. The van der Waals surface area contributed by atoms with Crippen molar-refractivity contribution >= 4 is 11.8 Å². The van der Waals surface area contributed by atoms with Gasteiger partial charge in [0, 0.05) is 24.7 Å². The molecule has 8 heteroatoms. The van der Waals surface area contributed by atoms with E-state index in [2.05, 4.69) is 15.6 Å². The van der Waals surface area contributed by atoms with Crippen LogP contribution in [0, 0.1) is 5.82 Å². The molecule has 0 saturated heterocycles. The van der Waals surface area contributed by atoms with E-state index in [-0.39, 0.29) is 35.2 Å². The molecule has 3 rings (SSSR count). The topological polar surface area (TPSA) is 103 Å². The maximum atomic E-state index is 14.0. The standard InChI is InChI=1S/C21H26FN3O4/c1-12(15-5-3-4-6-16(15)22)29-18-11-17(25-19(18)21(28)23-2)20(27)24-13-7-9-14(26)10-8-13/h3-6,11-14,25-26H,7-10H2,1-2H3,(H,23,28)(H,24,27)/t12-,13?,14?/m0/s1. The summed E-state index contributed by atoms with van der Waals surface area (Å²) in [6.07, 6.45) is 1.72. The molecule has 7 nitrogen and oxygen atoms in total. The third kappa shape index (κ3) is 4.95. The van der Waals surface area contributed by atoms with Crippen molar-refractivity contribution in [2.75, 3.05) is 7.05 Å². The smallest absolute Gasteiger partial charge is 0.271 e. The van der Waals surface area contributed by atoms with Gasteiger partial charge in [-0.15, -0.1) is 0 Å². The monoisotopic (exact) mass is 403 g/mol. The van der Waals surface area contributed by atoms with Crippen LogP contribution in [-0.2, 0) is 0 Å². The zero-order valence-electron chi connectivity index (χ0n) is 16.5. The minimum absolute atomic E-state index is 0.0284. The minimum atomic E-state index is -0.661. The molecular formula is C21H26FN3O4. The normalized spacial score (nSPS) is 20.0. The third-order valence-electron chi connectivity index (χ3n) is 5.16. The second-order valence-electron chi connectivity index (χ2n) is 7.26. The molecule has 156 valence electrons. The van der Waals surface area contributed by atoms with Crippen LogP contribution in [0.1, 0.15) is 65.3 Å². The van der Waals surface area contributed by atoms with Crippen molar-refractivity contribution in [3.8, 4) is 5.75 Å². The molecule has 1 aromatic heterocycles. The van der Waals surface area contributed by atoms with Gasteiger partial charge in [0.25, 0.3) is 11.8 Å². The molecule has 1 aromatic carbocycles. The van der Waals surface area contributed by atoms with Gasteiger partial charge in [-0.05, 0) is 38.7 Å². The van der Waals surface area contributed by atoms with Crippen molar-refractivity contribution in [3.05, 3.63) is 53.1 Å². The van der Waals surface area contributed by atoms with Crippen LogP contribution >= 0.6 is 0 Å². The summed E-state index contributed by atoms with van der Waals surface area (Å²) in [6, 6.07) is 7.66. The summed E-state index contributed by atoms with van der Waals surface area (Å²) in [4.78, 5) is 27.7. The van der Waals surface area contributed by atoms with Gasteiger partial charge in [0.1, 0.15) is 23.3 Å². The summed E-state index contributed by atoms with van der Waals surface area (Å²) < 4.78 is 19.9. The number of aliphatic hydroxyl groups is 1. The van der Waals surface area contributed by atoms with Gasteiger partial charge >= 0.3 is 0 Å². The van der Waals surface area contributed by atoms with Crippen LogP contribution in [0.5, 0.6) is 5.75 Å². The number of hydrogen-bond acceptors (Lipinski definition) is 4. The lowest BCUT2D eigenvalue weighted by Crippen LogP contribution is -2.38. The minimum Gasteiger partial charge on any atom is -0.483 e. The Hall–Kier alpha value is -2.87. The van der Waals surface area contributed by atoms with E-state index in [1.807, 2.05) is 0 Å². The number of aromatic nitrogens is 1. The van der Waals surface area contributed by atoms with Crippen LogP contribution in [0.25, 0.3) is 0 Å². The van der Waals surface area contributed by atoms with Crippen LogP contribution in [0.2, 0.25) is 0 Å². The summed E-state index contributed by atoms with van der Waals surface area (Å²) in [5.74, 6) is -1.04. The summed E-state index contributed by atoms with van der Waals surface area (Å²) in [5, 5.41) is 15.0. The molecule has 0 unspecified atom stereocenters. The van der Waals surface area contributed by atoms with Crippen LogP contribution in [0.3, 0.4) is 0 Å². The summed E-state index contributed by atoms with van der Waals surface area (Å²) >= 11 is 0. The molecule has 2 aromatic rings. The van der Waals surface area contributed by atoms with E-state index in [0.29, 0.717) is 31.2 Å². The Balaban J connectivity index is 1.78. The Morgan fingerprint density at radius 1 is 1.21 bits per heavy atom. The van der Waals surface area contributed by atoms with E-state index in [4.69, 9.17) is 4.74 Å². The highest BCUT2D eigenvalue weighted by Gasteiger charge is 2.25. The molecular weight excluding hydrogens is 377 g/mol. The number of halogens is 1. The first-order valence-electron chi connectivity index (χ1n) is 9.74. The fourth-order valence-electron chi connectivity index (χ4n) is 3.49. The lowest BCUT2D eigenvalue weighted by Gasteiger charge is -2.25. The number of hydrogen-bond donors (Lipinski definition) is 4. The SMILES string of the molecule is CNC(=O)c1[nH]c(C(=O)NC2CCC(O)CC2)cc1O[C@@H](C)c1ccccc1F. The number of nitrogens with one attached hydrogen (secondary N) is 3. The number of H-pyrrole nitrogens is 1. The maximum absolute atomic E-state index is 14.0. The quantitative estimate of drug-likeness (QED) is 0.595. The van der Waals surface area contributed by atoms with Crippen LogP contribution in [-0.4, -0.2) is 41.1 Å². The molecule has 0 aliphatic heterocycles. The molecule has 1 fully saturated rings. The van der Waals surface area contributed by atoms with Gasteiger partial charge < -0.3 is 25.5 Å². The van der Waals surface area contributed by atoms with E-state index in [9.17, 15) is 19.1 Å². The van der Waals surface area contributed by atoms with Gasteiger partial charge in [0.2, 0.25) is 0 Å². The number of aromatic amines is 1. The molecule has 1 atom stereocenters. The van der Waals surface area contributed by atoms with E-state index < -0.39 is 17.8 Å². The zero-order valence-corrected chi connectivity index (χ0v) is 16.5. The molecule has 2 amide bonds. The second-order valence-corrected chi connectivity index (χ2v) is 7.26. The number of carbonyl (C=O) groups excluding carboxylic acids is 2. The highest BCUT2D eigenvalue weighted by Crippen LogP contribution is 2.28. The van der Waals surface area contributed by atoms with E-state index in [0.717, 1.165) is 0 Å². The van der Waals surface area contributed by atoms with Crippen molar-refractivity contribution < 1.29 is 23.8 Å². The second kappa shape index (κ2) is 9.09.